The van der Waals surface area contributed by atoms with Crippen LogP contribution >= 0.6 is 0 Å². The number of benzene rings is 2. The van der Waals surface area contributed by atoms with Crippen LogP contribution < -0.4 is 9.46 Å². The first-order chi connectivity index (χ1) is 13.4. The molecule has 0 saturated carbocycles. The molecule has 0 aromatic heterocycles. The van der Waals surface area contributed by atoms with E-state index in [2.05, 4.69) is 4.72 Å². The van der Waals surface area contributed by atoms with Crippen LogP contribution in [0.1, 0.15) is 42.1 Å². The van der Waals surface area contributed by atoms with Crippen molar-refractivity contribution in [3.63, 3.8) is 0 Å². The van der Waals surface area contributed by atoms with Crippen LogP contribution in [0.25, 0.3) is 0 Å². The summed E-state index contributed by atoms with van der Waals surface area (Å²) in [7, 11) is -2.34. The highest BCUT2D eigenvalue weighted by Crippen LogP contribution is 2.26. The van der Waals surface area contributed by atoms with E-state index in [1.807, 2.05) is 19.1 Å². The molecule has 150 valence electrons. The van der Waals surface area contributed by atoms with E-state index in [4.69, 9.17) is 4.74 Å². The van der Waals surface area contributed by atoms with Gasteiger partial charge in [0, 0.05) is 18.8 Å². The van der Waals surface area contributed by atoms with Gasteiger partial charge in [0.1, 0.15) is 5.75 Å². The van der Waals surface area contributed by atoms with Crippen molar-refractivity contribution in [3.8, 4) is 5.75 Å². The molecule has 3 rings (SSSR count). The summed E-state index contributed by atoms with van der Waals surface area (Å²) in [6.45, 7) is 3.40. The standard InChI is InChI=1S/C21H26N2O4S/c1-3-16-7-9-17(10-8-16)22-28(25,26)18-11-12-20(27-2)19(15-18)21(24)23-13-5-4-6-14-23/h7-12,15,22H,3-6,13-14H2,1-2H3. The Morgan fingerprint density at radius 2 is 1.75 bits per heavy atom. The second-order valence-corrected chi connectivity index (χ2v) is 8.55. The molecule has 0 aliphatic carbocycles. The average Bonchev–Trinajstić information content (AvgIpc) is 2.73. The maximum absolute atomic E-state index is 12.9. The molecule has 0 unspecified atom stereocenters. The van der Waals surface area contributed by atoms with E-state index in [0.29, 0.717) is 24.5 Å². The molecule has 7 heteroatoms. The van der Waals surface area contributed by atoms with E-state index < -0.39 is 10.0 Å². The Hall–Kier alpha value is -2.54. The molecule has 2 aromatic rings. The van der Waals surface area contributed by atoms with Gasteiger partial charge >= 0.3 is 0 Å². The van der Waals surface area contributed by atoms with E-state index in [-0.39, 0.29) is 16.4 Å². The third kappa shape index (κ3) is 4.47. The molecule has 1 aliphatic heterocycles. The molecule has 0 bridgehead atoms. The third-order valence-electron chi connectivity index (χ3n) is 4.97. The summed E-state index contributed by atoms with van der Waals surface area (Å²) in [5, 5.41) is 0. The van der Waals surface area contributed by atoms with Crippen LogP contribution in [-0.4, -0.2) is 39.4 Å². The number of sulfonamides is 1. The number of ether oxygens (including phenoxy) is 1. The van der Waals surface area contributed by atoms with Crippen molar-refractivity contribution in [2.75, 3.05) is 24.9 Å². The third-order valence-corrected chi connectivity index (χ3v) is 6.35. The molecule has 1 saturated heterocycles. The van der Waals surface area contributed by atoms with Crippen molar-refractivity contribution >= 4 is 21.6 Å². The van der Waals surface area contributed by atoms with Crippen LogP contribution in [0.2, 0.25) is 0 Å². The number of nitrogens with one attached hydrogen (secondary N) is 1. The number of hydrogen-bond acceptors (Lipinski definition) is 4. The van der Waals surface area contributed by atoms with Crippen LogP contribution in [0, 0.1) is 0 Å². The monoisotopic (exact) mass is 402 g/mol. The number of likely N-dealkylation sites (tertiary alicyclic amines) is 1. The molecule has 1 heterocycles. The van der Waals surface area contributed by atoms with Crippen LogP contribution in [-0.2, 0) is 16.4 Å². The number of hydrogen-bond donors (Lipinski definition) is 1. The minimum Gasteiger partial charge on any atom is -0.496 e. The van der Waals surface area contributed by atoms with E-state index in [1.165, 1.54) is 25.3 Å². The zero-order chi connectivity index (χ0) is 20.1. The molecule has 2 aromatic carbocycles. The van der Waals surface area contributed by atoms with Gasteiger partial charge in [-0.05, 0) is 61.6 Å². The van der Waals surface area contributed by atoms with Gasteiger partial charge in [-0.2, -0.15) is 0 Å². The highest BCUT2D eigenvalue weighted by molar-refractivity contribution is 7.92. The fourth-order valence-electron chi connectivity index (χ4n) is 3.31. The van der Waals surface area contributed by atoms with Gasteiger partial charge in [-0.25, -0.2) is 8.42 Å². The van der Waals surface area contributed by atoms with Gasteiger partial charge in [0.15, 0.2) is 0 Å². The second-order valence-electron chi connectivity index (χ2n) is 6.87. The molecule has 1 fully saturated rings. The van der Waals surface area contributed by atoms with Gasteiger partial charge in [0.2, 0.25) is 0 Å². The van der Waals surface area contributed by atoms with Crippen molar-refractivity contribution in [2.24, 2.45) is 0 Å². The quantitative estimate of drug-likeness (QED) is 0.800. The molecular weight excluding hydrogens is 376 g/mol. The zero-order valence-electron chi connectivity index (χ0n) is 16.3. The normalized spacial score (nSPS) is 14.6. The SMILES string of the molecule is CCc1ccc(NS(=O)(=O)c2ccc(OC)c(C(=O)N3CCCCC3)c2)cc1. The molecule has 0 radical (unpaired) electrons. The van der Waals surface area contributed by atoms with Gasteiger partial charge in [0.25, 0.3) is 15.9 Å². The summed E-state index contributed by atoms with van der Waals surface area (Å²) in [6, 6.07) is 11.6. The van der Waals surface area contributed by atoms with Gasteiger partial charge in [-0.3, -0.25) is 9.52 Å². The van der Waals surface area contributed by atoms with Gasteiger partial charge in [-0.1, -0.05) is 19.1 Å². The molecule has 28 heavy (non-hydrogen) atoms. The summed E-state index contributed by atoms with van der Waals surface area (Å²) >= 11 is 0. The van der Waals surface area contributed by atoms with Crippen molar-refractivity contribution in [3.05, 3.63) is 53.6 Å². The number of anilines is 1. The zero-order valence-corrected chi connectivity index (χ0v) is 17.1. The second kappa shape index (κ2) is 8.65. The van der Waals surface area contributed by atoms with Gasteiger partial charge < -0.3 is 9.64 Å². The maximum Gasteiger partial charge on any atom is 0.261 e. The first-order valence-corrected chi connectivity index (χ1v) is 11.0. The summed E-state index contributed by atoms with van der Waals surface area (Å²) in [4.78, 5) is 14.7. The maximum atomic E-state index is 12.9. The highest BCUT2D eigenvalue weighted by atomic mass is 32.2. The first kappa shape index (κ1) is 20.2. The Balaban J connectivity index is 1.89. The lowest BCUT2D eigenvalue weighted by atomic mass is 10.1. The summed E-state index contributed by atoms with van der Waals surface area (Å²) < 4.78 is 33.5. The smallest absolute Gasteiger partial charge is 0.261 e. The molecule has 6 nitrogen and oxygen atoms in total. The molecule has 1 N–H and O–H groups in total. The average molecular weight is 403 g/mol. The Kier molecular flexibility index (Phi) is 6.24. The number of nitrogens with zero attached hydrogens (tertiary/aromatic N) is 1. The summed E-state index contributed by atoms with van der Waals surface area (Å²) in [5.74, 6) is 0.183. The fourth-order valence-corrected chi connectivity index (χ4v) is 4.40. The molecule has 0 atom stereocenters. The number of amides is 1. The minimum absolute atomic E-state index is 0.0354. The van der Waals surface area contributed by atoms with Crippen LogP contribution in [0.4, 0.5) is 5.69 Å². The van der Waals surface area contributed by atoms with Crippen molar-refractivity contribution in [1.82, 2.24) is 4.90 Å². The van der Waals surface area contributed by atoms with Crippen LogP contribution in [0.15, 0.2) is 47.4 Å². The predicted molar refractivity (Wildman–Crippen MR) is 109 cm³/mol. The van der Waals surface area contributed by atoms with E-state index in [9.17, 15) is 13.2 Å². The number of carbonyl (C=O) groups is 1. The number of carbonyl (C=O) groups excluding carboxylic acids is 1. The van der Waals surface area contributed by atoms with E-state index >= 15 is 0 Å². The fraction of sp³-hybridized carbons (Fsp3) is 0.381. The lowest BCUT2D eigenvalue weighted by Gasteiger charge is -2.27. The van der Waals surface area contributed by atoms with E-state index in [0.717, 1.165) is 31.2 Å². The summed E-state index contributed by atoms with van der Waals surface area (Å²) in [6.07, 6.45) is 3.91. The molecule has 1 aliphatic rings. The van der Waals surface area contributed by atoms with Crippen LogP contribution in [0.5, 0.6) is 5.75 Å². The number of piperidine rings is 1. The Bertz CT molecular complexity index is 933. The number of rotatable bonds is 6. The molecule has 0 spiro atoms. The van der Waals surface area contributed by atoms with Crippen molar-refractivity contribution < 1.29 is 17.9 Å². The van der Waals surface area contributed by atoms with Crippen LogP contribution in [0.3, 0.4) is 0 Å². The van der Waals surface area contributed by atoms with Gasteiger partial charge in [-0.15, -0.1) is 0 Å². The molecular formula is C21H26N2O4S. The molecule has 1 amide bonds. The highest BCUT2D eigenvalue weighted by Gasteiger charge is 2.24. The van der Waals surface area contributed by atoms with Crippen molar-refractivity contribution in [2.45, 2.75) is 37.5 Å². The first-order valence-electron chi connectivity index (χ1n) is 9.53. The Labute approximate surface area is 166 Å². The van der Waals surface area contributed by atoms with E-state index in [1.54, 1.807) is 17.0 Å². The largest absolute Gasteiger partial charge is 0.496 e. The Morgan fingerprint density at radius 1 is 1.07 bits per heavy atom. The lowest BCUT2D eigenvalue weighted by Crippen LogP contribution is -2.35. The Morgan fingerprint density at radius 3 is 2.36 bits per heavy atom. The predicted octanol–water partition coefficient (Wildman–Crippen LogP) is 3.68. The van der Waals surface area contributed by atoms with Gasteiger partial charge in [0.05, 0.1) is 17.6 Å². The van der Waals surface area contributed by atoms with Crippen molar-refractivity contribution in [1.29, 1.82) is 0 Å². The number of methoxy groups -OCH3 is 1. The summed E-state index contributed by atoms with van der Waals surface area (Å²) in [5.41, 5.74) is 1.88. The topological polar surface area (TPSA) is 75.7 Å². The lowest BCUT2D eigenvalue weighted by molar-refractivity contribution is 0.0720. The number of aryl methyl sites for hydroxylation is 1. The minimum atomic E-state index is -3.82.